The minimum atomic E-state index is -2.84. The van der Waals surface area contributed by atoms with Crippen LogP contribution in [0.3, 0.4) is 0 Å². The van der Waals surface area contributed by atoms with Gasteiger partial charge in [-0.3, -0.25) is 9.69 Å². The number of nitrogens with zero attached hydrogens (tertiary/aromatic N) is 1. The van der Waals surface area contributed by atoms with E-state index in [0.29, 0.717) is 18.7 Å². The summed E-state index contributed by atoms with van der Waals surface area (Å²) in [7, 11) is -2.84. The molecule has 0 radical (unpaired) electrons. The van der Waals surface area contributed by atoms with Gasteiger partial charge in [-0.2, -0.15) is 0 Å². The number of sulfone groups is 1. The zero-order chi connectivity index (χ0) is 16.3. The van der Waals surface area contributed by atoms with Gasteiger partial charge in [-0.05, 0) is 44.5 Å². The van der Waals surface area contributed by atoms with Crippen LogP contribution < -0.4 is 5.32 Å². The minimum absolute atomic E-state index is 0.0425. The van der Waals surface area contributed by atoms with Gasteiger partial charge in [-0.15, -0.1) is 0 Å². The van der Waals surface area contributed by atoms with E-state index in [4.69, 9.17) is 4.42 Å². The second-order valence-electron chi connectivity index (χ2n) is 6.49. The maximum Gasteiger partial charge on any atom is 0.223 e. The number of carbonyl (C=O) groups is 1. The summed E-state index contributed by atoms with van der Waals surface area (Å²) >= 11 is 0. The van der Waals surface area contributed by atoms with Gasteiger partial charge in [0.1, 0.15) is 5.76 Å². The number of furan rings is 1. The molecule has 7 heteroatoms. The number of amides is 1. The Kier molecular flexibility index (Phi) is 5.06. The van der Waals surface area contributed by atoms with Gasteiger partial charge in [0.25, 0.3) is 0 Å². The maximum atomic E-state index is 12.2. The smallest absolute Gasteiger partial charge is 0.223 e. The van der Waals surface area contributed by atoms with Crippen molar-refractivity contribution in [2.24, 2.45) is 5.92 Å². The van der Waals surface area contributed by atoms with Crippen LogP contribution in [0.1, 0.15) is 25.0 Å². The number of nitrogens with one attached hydrogen (secondary N) is 1. The van der Waals surface area contributed by atoms with Crippen LogP contribution in [0.4, 0.5) is 0 Å². The third-order valence-electron chi connectivity index (χ3n) is 4.88. The van der Waals surface area contributed by atoms with Gasteiger partial charge >= 0.3 is 0 Å². The predicted molar refractivity (Wildman–Crippen MR) is 86.8 cm³/mol. The Hall–Kier alpha value is -1.34. The molecule has 1 atom stereocenters. The second-order valence-corrected chi connectivity index (χ2v) is 8.72. The lowest BCUT2D eigenvalue weighted by molar-refractivity contribution is -0.126. The quantitative estimate of drug-likeness (QED) is 0.859. The van der Waals surface area contributed by atoms with Crippen LogP contribution in [0.15, 0.2) is 22.8 Å². The molecule has 0 unspecified atom stereocenters. The van der Waals surface area contributed by atoms with E-state index in [1.54, 1.807) is 6.26 Å². The third kappa shape index (κ3) is 4.35. The molecule has 3 rings (SSSR count). The predicted octanol–water partition coefficient (Wildman–Crippen LogP) is 0.837. The van der Waals surface area contributed by atoms with Gasteiger partial charge in [-0.25, -0.2) is 8.42 Å². The molecule has 1 aromatic heterocycles. The van der Waals surface area contributed by atoms with E-state index in [9.17, 15) is 13.2 Å². The first kappa shape index (κ1) is 16.5. The van der Waals surface area contributed by atoms with Gasteiger partial charge in [0.2, 0.25) is 5.91 Å². The van der Waals surface area contributed by atoms with E-state index in [2.05, 4.69) is 10.2 Å². The normalized spacial score (nSPS) is 25.5. The van der Waals surface area contributed by atoms with Gasteiger partial charge in [0, 0.05) is 24.9 Å². The molecule has 128 valence electrons. The van der Waals surface area contributed by atoms with Gasteiger partial charge in [-0.1, -0.05) is 0 Å². The first-order chi connectivity index (χ1) is 11.0. The van der Waals surface area contributed by atoms with Crippen LogP contribution in [0.2, 0.25) is 0 Å². The van der Waals surface area contributed by atoms with Crippen molar-refractivity contribution in [1.29, 1.82) is 0 Å². The molecule has 1 N–H and O–H groups in total. The number of piperidine rings is 1. The summed E-state index contributed by atoms with van der Waals surface area (Å²) in [5.74, 6) is 1.62. The lowest BCUT2D eigenvalue weighted by Crippen LogP contribution is -2.45. The molecule has 6 nitrogen and oxygen atoms in total. The molecular formula is C16H24N2O4S. The van der Waals surface area contributed by atoms with Gasteiger partial charge in [0.05, 0.1) is 17.8 Å². The van der Waals surface area contributed by atoms with Crippen molar-refractivity contribution in [3.05, 3.63) is 24.2 Å². The SMILES string of the molecule is O=C(NCCc1ccco1)C1CCN([C@H]2CCS(=O)(=O)C2)CC1. The van der Waals surface area contributed by atoms with Gasteiger partial charge in [0.15, 0.2) is 9.84 Å². The molecule has 0 aliphatic carbocycles. The Bertz CT molecular complexity index is 619. The average molecular weight is 340 g/mol. The first-order valence-corrected chi connectivity index (χ1v) is 10.1. The number of carbonyl (C=O) groups excluding carboxylic acids is 1. The minimum Gasteiger partial charge on any atom is -0.469 e. The van der Waals surface area contributed by atoms with Gasteiger partial charge < -0.3 is 9.73 Å². The van der Waals surface area contributed by atoms with Crippen LogP contribution in [0, 0.1) is 5.92 Å². The summed E-state index contributed by atoms with van der Waals surface area (Å²) in [6.07, 6.45) is 4.70. The van der Waals surface area contributed by atoms with Crippen molar-refractivity contribution in [2.45, 2.75) is 31.7 Å². The molecule has 23 heavy (non-hydrogen) atoms. The molecule has 2 aliphatic rings. The van der Waals surface area contributed by atoms with E-state index in [0.717, 1.165) is 38.1 Å². The highest BCUT2D eigenvalue weighted by atomic mass is 32.2. The molecular weight excluding hydrogens is 316 g/mol. The fraction of sp³-hybridized carbons (Fsp3) is 0.688. The molecule has 0 aromatic carbocycles. The van der Waals surface area contributed by atoms with Crippen LogP contribution in [-0.4, -0.2) is 56.4 Å². The highest BCUT2D eigenvalue weighted by molar-refractivity contribution is 7.91. The van der Waals surface area contributed by atoms with Crippen molar-refractivity contribution in [1.82, 2.24) is 10.2 Å². The van der Waals surface area contributed by atoms with E-state index in [1.165, 1.54) is 0 Å². The Morgan fingerprint density at radius 2 is 2.09 bits per heavy atom. The third-order valence-corrected chi connectivity index (χ3v) is 6.63. The Balaban J connectivity index is 1.39. The zero-order valence-corrected chi connectivity index (χ0v) is 14.1. The molecule has 2 fully saturated rings. The number of rotatable bonds is 5. The Morgan fingerprint density at radius 3 is 2.70 bits per heavy atom. The highest BCUT2D eigenvalue weighted by Crippen LogP contribution is 2.24. The summed E-state index contributed by atoms with van der Waals surface area (Å²) in [5, 5.41) is 2.97. The Labute approximate surface area is 137 Å². The molecule has 2 aliphatic heterocycles. The molecule has 3 heterocycles. The standard InChI is InChI=1S/C16H24N2O4S/c19-16(17-7-3-15-2-1-10-22-15)13-4-8-18(9-5-13)14-6-11-23(20,21)12-14/h1-2,10,13-14H,3-9,11-12H2,(H,17,19)/t14-/m0/s1. The fourth-order valence-corrected chi connectivity index (χ4v) is 5.26. The monoisotopic (exact) mass is 340 g/mol. The van der Waals surface area contributed by atoms with Crippen molar-refractivity contribution >= 4 is 15.7 Å². The van der Waals surface area contributed by atoms with Crippen molar-refractivity contribution in [3.63, 3.8) is 0 Å². The number of hydrogen-bond donors (Lipinski definition) is 1. The summed E-state index contributed by atoms with van der Waals surface area (Å²) in [6.45, 7) is 2.22. The molecule has 1 amide bonds. The second kappa shape index (κ2) is 7.05. The number of hydrogen-bond acceptors (Lipinski definition) is 5. The van der Waals surface area contributed by atoms with Crippen LogP contribution >= 0.6 is 0 Å². The Morgan fingerprint density at radius 1 is 1.30 bits per heavy atom. The van der Waals surface area contributed by atoms with Crippen LogP contribution in [0.25, 0.3) is 0 Å². The highest BCUT2D eigenvalue weighted by Gasteiger charge is 2.35. The maximum absolute atomic E-state index is 12.2. The fourth-order valence-electron chi connectivity index (χ4n) is 3.50. The molecule has 0 bridgehead atoms. The molecule has 1 aromatic rings. The zero-order valence-electron chi connectivity index (χ0n) is 13.2. The summed E-state index contributed by atoms with van der Waals surface area (Å²) in [6, 6.07) is 3.90. The van der Waals surface area contributed by atoms with Crippen molar-refractivity contribution in [3.8, 4) is 0 Å². The number of likely N-dealkylation sites (tertiary alicyclic amines) is 1. The molecule has 2 saturated heterocycles. The average Bonchev–Trinajstić information content (AvgIpc) is 3.17. The largest absolute Gasteiger partial charge is 0.469 e. The van der Waals surface area contributed by atoms with E-state index < -0.39 is 9.84 Å². The summed E-state index contributed by atoms with van der Waals surface area (Å²) in [5.41, 5.74) is 0. The van der Waals surface area contributed by atoms with Crippen LogP contribution in [0.5, 0.6) is 0 Å². The van der Waals surface area contributed by atoms with E-state index >= 15 is 0 Å². The first-order valence-electron chi connectivity index (χ1n) is 8.28. The van der Waals surface area contributed by atoms with Crippen molar-refractivity contribution < 1.29 is 17.6 Å². The molecule has 0 spiro atoms. The topological polar surface area (TPSA) is 79.6 Å². The summed E-state index contributed by atoms with van der Waals surface area (Å²) < 4.78 is 28.4. The van der Waals surface area contributed by atoms with E-state index in [-0.39, 0.29) is 23.6 Å². The lowest BCUT2D eigenvalue weighted by Gasteiger charge is -2.34. The van der Waals surface area contributed by atoms with E-state index in [1.807, 2.05) is 12.1 Å². The van der Waals surface area contributed by atoms with Crippen molar-refractivity contribution in [2.75, 3.05) is 31.1 Å². The molecule has 0 saturated carbocycles. The van der Waals surface area contributed by atoms with Crippen LogP contribution in [-0.2, 0) is 21.1 Å². The lowest BCUT2D eigenvalue weighted by atomic mass is 9.94. The summed E-state index contributed by atoms with van der Waals surface area (Å²) in [4.78, 5) is 14.4.